The molecule has 0 aliphatic carbocycles. The minimum absolute atomic E-state index is 0.275. The second-order valence-corrected chi connectivity index (χ2v) is 3.12. The zero-order valence-electron chi connectivity index (χ0n) is 7.87. The number of hydrogen-bond donors (Lipinski definition) is 0. The van der Waals surface area contributed by atoms with Gasteiger partial charge in [-0.25, -0.2) is 0 Å². The summed E-state index contributed by atoms with van der Waals surface area (Å²) in [6, 6.07) is 8.42. The minimum atomic E-state index is 0.275. The predicted octanol–water partition coefficient (Wildman–Crippen LogP) is 3.32. The molecular formula is C10H8S. The number of rotatable bonds is 0. The van der Waals surface area contributed by atoms with Gasteiger partial charge >= 0.3 is 0 Å². The summed E-state index contributed by atoms with van der Waals surface area (Å²) < 4.78 is 15.0. The van der Waals surface area contributed by atoms with E-state index >= 15 is 0 Å². The van der Waals surface area contributed by atoms with Crippen LogP contribution in [0.25, 0.3) is 6.08 Å². The molecule has 2 rings (SSSR count). The van der Waals surface area contributed by atoms with Crippen LogP contribution in [0.1, 0.15) is 8.30 Å². The van der Waals surface area contributed by atoms with Crippen molar-refractivity contribution in [3.8, 4) is 0 Å². The SMILES string of the molecule is [2H]C1=CSc2ccccc2C=C1[2H]. The smallest absolute Gasteiger partial charge is 0.0628 e. The lowest BCUT2D eigenvalue weighted by atomic mass is 10.2. The van der Waals surface area contributed by atoms with E-state index in [0.29, 0.717) is 0 Å². The molecule has 1 aliphatic heterocycles. The maximum atomic E-state index is 7.54. The first-order chi connectivity index (χ1) is 6.27. The summed E-state index contributed by atoms with van der Waals surface area (Å²) in [5.74, 6) is 0. The van der Waals surface area contributed by atoms with Gasteiger partial charge in [0.25, 0.3) is 0 Å². The highest BCUT2D eigenvalue weighted by Crippen LogP contribution is 2.26. The normalized spacial score (nSPS) is 18.5. The van der Waals surface area contributed by atoms with E-state index in [1.165, 1.54) is 11.8 Å². The molecule has 1 heteroatoms. The third-order valence-corrected chi connectivity index (χ3v) is 2.34. The van der Waals surface area contributed by atoms with Gasteiger partial charge in [-0.05, 0) is 17.0 Å². The van der Waals surface area contributed by atoms with Crippen molar-refractivity contribution in [2.45, 2.75) is 4.90 Å². The van der Waals surface area contributed by atoms with E-state index in [9.17, 15) is 0 Å². The largest absolute Gasteiger partial charge is 0.0975 e. The molecule has 0 atom stereocenters. The maximum absolute atomic E-state index is 7.54. The zero-order chi connectivity index (χ0) is 9.26. The Bertz CT molecular complexity index is 394. The molecule has 0 amide bonds. The fourth-order valence-corrected chi connectivity index (χ4v) is 1.63. The molecule has 1 aliphatic rings. The van der Waals surface area contributed by atoms with Crippen LogP contribution in [0.5, 0.6) is 0 Å². The highest BCUT2D eigenvalue weighted by Gasteiger charge is 1.97. The van der Waals surface area contributed by atoms with E-state index in [-0.39, 0.29) is 12.1 Å². The van der Waals surface area contributed by atoms with Gasteiger partial charge in [-0.15, -0.1) is 0 Å². The number of fused-ring (bicyclic) bond motifs is 1. The molecule has 54 valence electrons. The van der Waals surface area contributed by atoms with E-state index in [1.807, 2.05) is 24.3 Å². The molecule has 0 bridgehead atoms. The summed E-state index contributed by atoms with van der Waals surface area (Å²) >= 11 is 1.50. The third kappa shape index (κ3) is 1.38. The average Bonchev–Trinajstić information content (AvgIpc) is 2.28. The van der Waals surface area contributed by atoms with Crippen LogP contribution in [0.4, 0.5) is 0 Å². The second kappa shape index (κ2) is 2.97. The van der Waals surface area contributed by atoms with Gasteiger partial charge < -0.3 is 0 Å². The van der Waals surface area contributed by atoms with Crippen LogP contribution in [0.15, 0.2) is 46.7 Å². The molecule has 0 nitrogen and oxygen atoms in total. The van der Waals surface area contributed by atoms with Crippen molar-refractivity contribution in [3.63, 3.8) is 0 Å². The highest BCUT2D eigenvalue weighted by molar-refractivity contribution is 8.02. The van der Waals surface area contributed by atoms with E-state index in [0.717, 1.165) is 10.5 Å². The van der Waals surface area contributed by atoms with Crippen molar-refractivity contribution in [1.29, 1.82) is 0 Å². The zero-order valence-corrected chi connectivity index (χ0v) is 6.69. The van der Waals surface area contributed by atoms with E-state index in [2.05, 4.69) is 0 Å². The van der Waals surface area contributed by atoms with Gasteiger partial charge in [-0.2, -0.15) is 0 Å². The fraction of sp³-hybridized carbons (Fsp3) is 0. The molecule has 0 spiro atoms. The van der Waals surface area contributed by atoms with Crippen LogP contribution in [0.2, 0.25) is 0 Å². The minimum Gasteiger partial charge on any atom is -0.0975 e. The Kier molecular flexibility index (Phi) is 1.31. The summed E-state index contributed by atoms with van der Waals surface area (Å²) in [7, 11) is 0. The van der Waals surface area contributed by atoms with Gasteiger partial charge in [0.1, 0.15) is 0 Å². The predicted molar refractivity (Wildman–Crippen MR) is 50.5 cm³/mol. The Morgan fingerprint density at radius 3 is 3.09 bits per heavy atom. The van der Waals surface area contributed by atoms with Crippen LogP contribution in [0, 0.1) is 0 Å². The lowest BCUT2D eigenvalue weighted by Crippen LogP contribution is -1.73. The van der Waals surface area contributed by atoms with Gasteiger partial charge in [-0.3, -0.25) is 0 Å². The third-order valence-electron chi connectivity index (χ3n) is 1.47. The van der Waals surface area contributed by atoms with Crippen molar-refractivity contribution >= 4 is 17.8 Å². The number of hydrogen-bond acceptors (Lipinski definition) is 1. The van der Waals surface area contributed by atoms with Gasteiger partial charge in [0, 0.05) is 4.90 Å². The summed E-state index contributed by atoms with van der Waals surface area (Å²) in [5.41, 5.74) is 1.02. The van der Waals surface area contributed by atoms with Gasteiger partial charge in [0.15, 0.2) is 0 Å². The Labute approximate surface area is 73.4 Å². The number of thioether (sulfide) groups is 1. The Morgan fingerprint density at radius 1 is 1.18 bits per heavy atom. The molecule has 0 unspecified atom stereocenters. The van der Waals surface area contributed by atoms with Crippen molar-refractivity contribution in [1.82, 2.24) is 0 Å². The van der Waals surface area contributed by atoms with Crippen LogP contribution < -0.4 is 0 Å². The molecule has 1 aromatic rings. The molecule has 1 heterocycles. The summed E-state index contributed by atoms with van der Waals surface area (Å²) in [5, 5.41) is 1.70. The van der Waals surface area contributed by atoms with Crippen molar-refractivity contribution in [2.75, 3.05) is 0 Å². The molecule has 0 saturated carbocycles. The second-order valence-electron chi connectivity index (χ2n) is 2.21. The quantitative estimate of drug-likeness (QED) is 0.564. The lowest BCUT2D eigenvalue weighted by Gasteiger charge is -1.98. The molecule has 0 saturated heterocycles. The highest BCUT2D eigenvalue weighted by atomic mass is 32.2. The van der Waals surface area contributed by atoms with Gasteiger partial charge in [-0.1, -0.05) is 48.1 Å². The van der Waals surface area contributed by atoms with Crippen LogP contribution in [-0.2, 0) is 0 Å². The first kappa shape index (κ1) is 4.83. The summed E-state index contributed by atoms with van der Waals surface area (Å²) in [6.07, 6.45) is 1.73. The molecule has 0 fully saturated rings. The topological polar surface area (TPSA) is 0 Å². The standard InChI is InChI=1S/C10H8S/c1-2-7-10-9(5-1)6-3-4-8-11-10/h1-8H/i3D,4D. The van der Waals surface area contributed by atoms with Crippen LogP contribution in [0.3, 0.4) is 0 Å². The van der Waals surface area contributed by atoms with E-state index < -0.39 is 0 Å². The van der Waals surface area contributed by atoms with Crippen LogP contribution >= 0.6 is 11.8 Å². The molecule has 11 heavy (non-hydrogen) atoms. The molecule has 0 aromatic heterocycles. The monoisotopic (exact) mass is 162 g/mol. The first-order valence-corrected chi connectivity index (χ1v) is 4.26. The lowest BCUT2D eigenvalue weighted by molar-refractivity contribution is 1.43. The molecule has 0 N–H and O–H groups in total. The summed E-state index contributed by atoms with van der Waals surface area (Å²) in [4.78, 5) is 1.11. The molecular weight excluding hydrogens is 152 g/mol. The number of benzene rings is 1. The van der Waals surface area contributed by atoms with Crippen LogP contribution in [-0.4, -0.2) is 0 Å². The average molecular weight is 162 g/mol. The molecule has 1 aromatic carbocycles. The Balaban J connectivity index is 2.54. The number of allylic oxidation sites excluding steroid dienone is 2. The first-order valence-electron chi connectivity index (χ1n) is 4.38. The van der Waals surface area contributed by atoms with E-state index in [4.69, 9.17) is 2.74 Å². The maximum Gasteiger partial charge on any atom is 0.0628 e. The van der Waals surface area contributed by atoms with Crippen molar-refractivity contribution < 1.29 is 2.74 Å². The fourth-order valence-electron chi connectivity index (χ4n) is 0.953. The summed E-state index contributed by atoms with van der Waals surface area (Å²) in [6.45, 7) is 0. The molecule has 0 radical (unpaired) electrons. The van der Waals surface area contributed by atoms with E-state index in [1.54, 1.807) is 11.5 Å². The van der Waals surface area contributed by atoms with Gasteiger partial charge in [0.2, 0.25) is 0 Å². The van der Waals surface area contributed by atoms with Crippen molar-refractivity contribution in [2.24, 2.45) is 0 Å². The Morgan fingerprint density at radius 2 is 2.09 bits per heavy atom. The van der Waals surface area contributed by atoms with Gasteiger partial charge in [0.05, 0.1) is 2.74 Å². The van der Waals surface area contributed by atoms with Crippen molar-refractivity contribution in [3.05, 3.63) is 47.3 Å². The Hall–Kier alpha value is -0.950.